The molecule has 10 heteroatoms. The number of ether oxygens (including phenoxy) is 2. The van der Waals surface area contributed by atoms with Crippen molar-refractivity contribution in [3.05, 3.63) is 18.0 Å². The zero-order valence-electron chi connectivity index (χ0n) is 16.2. The molecule has 0 spiro atoms. The van der Waals surface area contributed by atoms with Crippen LogP contribution >= 0.6 is 0 Å². The first kappa shape index (κ1) is 20.2. The number of hydrogen-bond donors (Lipinski definition) is 0. The first-order valence-corrected chi connectivity index (χ1v) is 9.84. The Bertz CT molecular complexity index is 782. The van der Waals surface area contributed by atoms with Gasteiger partial charge in [0.1, 0.15) is 0 Å². The van der Waals surface area contributed by atoms with Crippen molar-refractivity contribution < 1.29 is 32.2 Å². The van der Waals surface area contributed by atoms with Crippen LogP contribution in [-0.4, -0.2) is 59.2 Å². The van der Waals surface area contributed by atoms with Gasteiger partial charge in [0, 0.05) is 19.3 Å². The highest BCUT2D eigenvalue weighted by Gasteiger charge is 2.54. The van der Waals surface area contributed by atoms with Crippen molar-refractivity contribution in [1.82, 2.24) is 14.7 Å². The van der Waals surface area contributed by atoms with Crippen LogP contribution in [0.1, 0.15) is 55.3 Å². The monoisotopic (exact) mass is 415 g/mol. The van der Waals surface area contributed by atoms with Gasteiger partial charge in [0.05, 0.1) is 35.9 Å². The van der Waals surface area contributed by atoms with Crippen LogP contribution in [0.3, 0.4) is 0 Å². The predicted octanol–water partition coefficient (Wildman–Crippen LogP) is 2.86. The number of hydrogen-bond acceptors (Lipinski definition) is 5. The Labute approximate surface area is 166 Å². The molecule has 1 atom stereocenters. The number of esters is 1. The highest BCUT2D eigenvalue weighted by Crippen LogP contribution is 2.56. The number of aromatic nitrogens is 2. The summed E-state index contributed by atoms with van der Waals surface area (Å²) in [6.07, 6.45) is 2.11. The molecular formula is C19H24F3N3O4. The van der Waals surface area contributed by atoms with Gasteiger partial charge in [0.15, 0.2) is 0 Å². The Kier molecular flexibility index (Phi) is 4.87. The molecule has 3 saturated carbocycles. The van der Waals surface area contributed by atoms with Crippen LogP contribution in [0.25, 0.3) is 0 Å². The standard InChI is InChI=1S/C19H24F3N3O4/c1-28-16(27)17-3-6-18(7-4-17,8-5-17)25-11-13(10-23-25)15(26)24-9-2-14(12-24)29-19(20,21)22/h10-11,14H,2-9,12H2,1H3/t14-,17?,18?/m0/s1. The largest absolute Gasteiger partial charge is 0.522 e. The molecule has 1 aromatic heterocycles. The molecule has 7 nitrogen and oxygen atoms in total. The lowest BCUT2D eigenvalue weighted by atomic mass is 9.57. The van der Waals surface area contributed by atoms with Gasteiger partial charge in [0.2, 0.25) is 0 Å². The second-order valence-electron chi connectivity index (χ2n) is 8.40. The summed E-state index contributed by atoms with van der Waals surface area (Å²) < 4.78 is 48.0. The quantitative estimate of drug-likeness (QED) is 0.707. The molecule has 29 heavy (non-hydrogen) atoms. The van der Waals surface area contributed by atoms with E-state index in [2.05, 4.69) is 9.84 Å². The van der Waals surface area contributed by atoms with Gasteiger partial charge in [-0.15, -0.1) is 13.2 Å². The van der Waals surface area contributed by atoms with Crippen molar-refractivity contribution in [2.75, 3.05) is 20.2 Å². The molecule has 5 rings (SSSR count). The molecule has 2 heterocycles. The second-order valence-corrected chi connectivity index (χ2v) is 8.40. The van der Waals surface area contributed by atoms with E-state index in [9.17, 15) is 22.8 Å². The highest BCUT2D eigenvalue weighted by molar-refractivity contribution is 5.94. The molecule has 1 aromatic rings. The first-order chi connectivity index (χ1) is 13.7. The molecule has 1 saturated heterocycles. The summed E-state index contributed by atoms with van der Waals surface area (Å²) in [5, 5.41) is 4.41. The third kappa shape index (κ3) is 3.62. The van der Waals surface area contributed by atoms with Crippen LogP contribution in [0, 0.1) is 5.41 Å². The van der Waals surface area contributed by atoms with Gasteiger partial charge in [-0.05, 0) is 44.9 Å². The van der Waals surface area contributed by atoms with E-state index in [0.717, 1.165) is 38.5 Å². The Hall–Kier alpha value is -2.10. The van der Waals surface area contributed by atoms with E-state index < -0.39 is 17.9 Å². The highest BCUT2D eigenvalue weighted by atomic mass is 19.4. The molecule has 4 aliphatic rings. The van der Waals surface area contributed by atoms with Crippen LogP contribution in [0.15, 0.2) is 12.4 Å². The average Bonchev–Trinajstić information content (AvgIpc) is 3.37. The number of nitrogens with zero attached hydrogens (tertiary/aromatic N) is 3. The summed E-state index contributed by atoms with van der Waals surface area (Å²) >= 11 is 0. The van der Waals surface area contributed by atoms with E-state index in [0.29, 0.717) is 5.56 Å². The third-order valence-corrected chi connectivity index (χ3v) is 6.87. The van der Waals surface area contributed by atoms with Crippen molar-refractivity contribution in [1.29, 1.82) is 0 Å². The van der Waals surface area contributed by atoms with Crippen LogP contribution in [0.2, 0.25) is 0 Å². The van der Waals surface area contributed by atoms with Crippen LogP contribution in [0.4, 0.5) is 13.2 Å². The van der Waals surface area contributed by atoms with Crippen LogP contribution in [0.5, 0.6) is 0 Å². The number of carbonyl (C=O) groups excluding carboxylic acids is 2. The zero-order valence-corrected chi connectivity index (χ0v) is 16.2. The maximum atomic E-state index is 12.7. The number of halogens is 3. The smallest absolute Gasteiger partial charge is 0.469 e. The fourth-order valence-electron chi connectivity index (χ4n) is 5.11. The Morgan fingerprint density at radius 1 is 1.17 bits per heavy atom. The second kappa shape index (κ2) is 7.00. The van der Waals surface area contributed by atoms with Crippen molar-refractivity contribution in [3.63, 3.8) is 0 Å². The van der Waals surface area contributed by atoms with Gasteiger partial charge in [0.25, 0.3) is 5.91 Å². The summed E-state index contributed by atoms with van der Waals surface area (Å²) in [5.74, 6) is -0.483. The Morgan fingerprint density at radius 2 is 1.83 bits per heavy atom. The summed E-state index contributed by atoms with van der Waals surface area (Å²) in [5.41, 5.74) is -0.255. The molecule has 4 fully saturated rings. The lowest BCUT2D eigenvalue weighted by Gasteiger charge is -2.51. The molecular weight excluding hydrogens is 391 g/mol. The van der Waals surface area contributed by atoms with Gasteiger partial charge in [-0.2, -0.15) is 5.10 Å². The molecule has 3 aliphatic carbocycles. The maximum absolute atomic E-state index is 12.7. The SMILES string of the molecule is COC(=O)C12CCC(n3cc(C(=O)N4CC[C@H](OC(F)(F)F)C4)cn3)(CC1)CC2. The number of likely N-dealkylation sites (tertiary alicyclic amines) is 1. The number of fused-ring (bicyclic) bond motifs is 3. The average molecular weight is 415 g/mol. The molecule has 0 radical (unpaired) electrons. The number of methoxy groups -OCH3 is 1. The van der Waals surface area contributed by atoms with Gasteiger partial charge in [-0.25, -0.2) is 0 Å². The molecule has 0 N–H and O–H groups in total. The van der Waals surface area contributed by atoms with Gasteiger partial charge in [-0.3, -0.25) is 19.0 Å². The molecule has 160 valence electrons. The summed E-state index contributed by atoms with van der Waals surface area (Å²) in [6, 6.07) is 0. The van der Waals surface area contributed by atoms with E-state index in [1.54, 1.807) is 6.20 Å². The van der Waals surface area contributed by atoms with E-state index >= 15 is 0 Å². The fraction of sp³-hybridized carbons (Fsp3) is 0.737. The number of rotatable bonds is 4. The molecule has 1 amide bonds. The maximum Gasteiger partial charge on any atom is 0.522 e. The minimum absolute atomic E-state index is 0.0870. The minimum atomic E-state index is -4.70. The minimum Gasteiger partial charge on any atom is -0.469 e. The van der Waals surface area contributed by atoms with E-state index in [1.807, 2.05) is 4.68 Å². The summed E-state index contributed by atoms with van der Waals surface area (Å²) in [7, 11) is 1.42. The fourth-order valence-corrected chi connectivity index (χ4v) is 5.11. The van der Waals surface area contributed by atoms with Gasteiger partial charge < -0.3 is 9.64 Å². The Balaban J connectivity index is 1.42. The number of amides is 1. The van der Waals surface area contributed by atoms with Gasteiger partial charge >= 0.3 is 12.3 Å². The summed E-state index contributed by atoms with van der Waals surface area (Å²) in [4.78, 5) is 26.2. The molecule has 1 aliphatic heterocycles. The number of alkyl halides is 3. The van der Waals surface area contributed by atoms with Crippen molar-refractivity contribution in [3.8, 4) is 0 Å². The molecule has 0 aromatic carbocycles. The van der Waals surface area contributed by atoms with E-state index in [-0.39, 0.29) is 36.9 Å². The van der Waals surface area contributed by atoms with E-state index in [1.165, 1.54) is 18.2 Å². The zero-order chi connectivity index (χ0) is 20.9. The molecule has 0 unspecified atom stereocenters. The van der Waals surface area contributed by atoms with Crippen molar-refractivity contribution in [2.24, 2.45) is 5.41 Å². The summed E-state index contributed by atoms with van der Waals surface area (Å²) in [6.45, 7) is 0.133. The lowest BCUT2D eigenvalue weighted by molar-refractivity contribution is -0.340. The van der Waals surface area contributed by atoms with Crippen molar-refractivity contribution >= 4 is 11.9 Å². The lowest BCUT2D eigenvalue weighted by Crippen LogP contribution is -2.51. The van der Waals surface area contributed by atoms with Crippen molar-refractivity contribution in [2.45, 2.75) is 63.0 Å². The van der Waals surface area contributed by atoms with Crippen LogP contribution in [-0.2, 0) is 19.8 Å². The third-order valence-electron chi connectivity index (χ3n) is 6.87. The topological polar surface area (TPSA) is 73.7 Å². The normalized spacial score (nSPS) is 31.9. The Morgan fingerprint density at radius 3 is 2.41 bits per heavy atom. The first-order valence-electron chi connectivity index (χ1n) is 9.84. The number of carbonyl (C=O) groups is 2. The van der Waals surface area contributed by atoms with Crippen LogP contribution < -0.4 is 0 Å². The van der Waals surface area contributed by atoms with Gasteiger partial charge in [-0.1, -0.05) is 0 Å². The van der Waals surface area contributed by atoms with E-state index in [4.69, 9.17) is 4.74 Å². The molecule has 2 bridgehead atoms. The predicted molar refractivity (Wildman–Crippen MR) is 93.8 cm³/mol.